The monoisotopic (exact) mass is 329 g/mol. The summed E-state index contributed by atoms with van der Waals surface area (Å²) in [6, 6.07) is 9.65. The summed E-state index contributed by atoms with van der Waals surface area (Å²) in [5.74, 6) is -0.965. The molecule has 0 unspecified atom stereocenters. The van der Waals surface area contributed by atoms with Crippen molar-refractivity contribution in [1.82, 2.24) is 5.32 Å². The molecule has 0 spiro atoms. The molecule has 3 rings (SSSR count). The van der Waals surface area contributed by atoms with E-state index in [4.69, 9.17) is 5.11 Å². The highest BCUT2D eigenvalue weighted by Gasteiger charge is 2.12. The van der Waals surface area contributed by atoms with Gasteiger partial charge < -0.3 is 10.4 Å². The molecule has 0 saturated heterocycles. The summed E-state index contributed by atoms with van der Waals surface area (Å²) in [6.45, 7) is 0.377. The Morgan fingerprint density at radius 1 is 1.09 bits per heavy atom. The molecule has 23 heavy (non-hydrogen) atoms. The first-order chi connectivity index (χ1) is 11.1. The van der Waals surface area contributed by atoms with E-state index in [1.165, 1.54) is 35.3 Å². The quantitative estimate of drug-likeness (QED) is 0.885. The van der Waals surface area contributed by atoms with Crippen LogP contribution in [0.3, 0.4) is 0 Å². The predicted molar refractivity (Wildman–Crippen MR) is 89.9 cm³/mol. The van der Waals surface area contributed by atoms with E-state index in [1.807, 2.05) is 6.07 Å². The summed E-state index contributed by atoms with van der Waals surface area (Å²) in [5.41, 5.74) is 3.84. The van der Waals surface area contributed by atoms with Crippen molar-refractivity contribution in [2.24, 2.45) is 0 Å². The average molecular weight is 329 g/mol. The minimum absolute atomic E-state index is 0.0361. The number of hydrogen-bond acceptors (Lipinski definition) is 3. The lowest BCUT2D eigenvalue weighted by Gasteiger charge is -2.16. The number of carboxylic acid groups (broad SMARTS) is 1. The Balaban J connectivity index is 1.55. The SMILES string of the molecule is O=C(Cc1ccc2c(c1)CCCC2)NCc1ccc(C(=O)O)s1. The zero-order chi connectivity index (χ0) is 16.2. The number of carbonyl (C=O) groups excluding carboxylic acids is 1. The topological polar surface area (TPSA) is 66.4 Å². The molecular weight excluding hydrogens is 310 g/mol. The third-order valence-corrected chi connectivity index (χ3v) is 5.18. The van der Waals surface area contributed by atoms with E-state index in [0.717, 1.165) is 23.3 Å². The fraction of sp³-hybridized carbons (Fsp3) is 0.333. The molecular formula is C18H19NO3S. The number of thiophene rings is 1. The lowest BCUT2D eigenvalue weighted by Crippen LogP contribution is -2.24. The number of hydrogen-bond donors (Lipinski definition) is 2. The highest BCUT2D eigenvalue weighted by atomic mass is 32.1. The van der Waals surface area contributed by atoms with Gasteiger partial charge in [-0.1, -0.05) is 18.2 Å². The van der Waals surface area contributed by atoms with Gasteiger partial charge in [-0.2, -0.15) is 0 Å². The van der Waals surface area contributed by atoms with Crippen molar-refractivity contribution >= 4 is 23.2 Å². The summed E-state index contributed by atoms with van der Waals surface area (Å²) in [6.07, 6.45) is 5.10. The molecule has 0 fully saturated rings. The smallest absolute Gasteiger partial charge is 0.345 e. The molecule has 120 valence electrons. The van der Waals surface area contributed by atoms with Crippen LogP contribution in [0.1, 0.15) is 44.1 Å². The van der Waals surface area contributed by atoms with Gasteiger partial charge in [0.05, 0.1) is 13.0 Å². The summed E-state index contributed by atoms with van der Waals surface area (Å²) < 4.78 is 0. The molecule has 1 aromatic heterocycles. The Bertz CT molecular complexity index is 736. The molecule has 0 aliphatic heterocycles. The number of amides is 1. The minimum Gasteiger partial charge on any atom is -0.477 e. The van der Waals surface area contributed by atoms with Gasteiger partial charge in [-0.05, 0) is 54.5 Å². The Kier molecular flexibility index (Phi) is 4.76. The number of aryl methyl sites for hydroxylation is 2. The molecule has 0 bridgehead atoms. The highest BCUT2D eigenvalue weighted by molar-refractivity contribution is 7.13. The molecule has 0 radical (unpaired) electrons. The van der Waals surface area contributed by atoms with E-state index in [1.54, 1.807) is 12.1 Å². The predicted octanol–water partition coefficient (Wildman–Crippen LogP) is 3.18. The number of carboxylic acids is 1. The molecule has 1 aromatic carbocycles. The fourth-order valence-electron chi connectivity index (χ4n) is 2.92. The third-order valence-electron chi connectivity index (χ3n) is 4.11. The second-order valence-electron chi connectivity index (χ2n) is 5.83. The van der Waals surface area contributed by atoms with Crippen molar-refractivity contribution < 1.29 is 14.7 Å². The van der Waals surface area contributed by atoms with E-state index in [-0.39, 0.29) is 5.91 Å². The van der Waals surface area contributed by atoms with Gasteiger partial charge in [0.15, 0.2) is 0 Å². The molecule has 5 heteroatoms. The van der Waals surface area contributed by atoms with Crippen LogP contribution in [0.25, 0.3) is 0 Å². The van der Waals surface area contributed by atoms with Gasteiger partial charge in [0.25, 0.3) is 0 Å². The third kappa shape index (κ3) is 3.99. The number of rotatable bonds is 5. The average Bonchev–Trinajstić information content (AvgIpc) is 3.02. The maximum Gasteiger partial charge on any atom is 0.345 e. The van der Waals surface area contributed by atoms with E-state index in [9.17, 15) is 9.59 Å². The van der Waals surface area contributed by atoms with Crippen LogP contribution < -0.4 is 5.32 Å². The Morgan fingerprint density at radius 2 is 1.87 bits per heavy atom. The lowest BCUT2D eigenvalue weighted by atomic mass is 9.90. The number of fused-ring (bicyclic) bond motifs is 1. The molecule has 2 aromatic rings. The van der Waals surface area contributed by atoms with Gasteiger partial charge in [-0.3, -0.25) is 4.79 Å². The van der Waals surface area contributed by atoms with E-state index in [2.05, 4.69) is 17.4 Å². The van der Waals surface area contributed by atoms with Crippen LogP contribution in [0.15, 0.2) is 30.3 Å². The number of aromatic carboxylic acids is 1. The van der Waals surface area contributed by atoms with Gasteiger partial charge in [-0.15, -0.1) is 11.3 Å². The van der Waals surface area contributed by atoms with Crippen LogP contribution in [0, 0.1) is 0 Å². The summed E-state index contributed by atoms with van der Waals surface area (Å²) in [5, 5.41) is 11.7. The van der Waals surface area contributed by atoms with Gasteiger partial charge in [0.1, 0.15) is 4.88 Å². The second kappa shape index (κ2) is 6.96. The zero-order valence-corrected chi connectivity index (χ0v) is 13.6. The first kappa shape index (κ1) is 15.7. The van der Waals surface area contributed by atoms with Gasteiger partial charge in [-0.25, -0.2) is 4.79 Å². The standard InChI is InChI=1S/C18H19NO3S/c20-17(19-11-15-7-8-16(23-15)18(21)22)10-12-5-6-13-3-1-2-4-14(13)9-12/h5-9H,1-4,10-11H2,(H,19,20)(H,21,22). The Hall–Kier alpha value is -2.14. The summed E-state index contributed by atoms with van der Waals surface area (Å²) in [4.78, 5) is 24.0. The first-order valence-electron chi connectivity index (χ1n) is 7.81. The van der Waals surface area contributed by atoms with Crippen molar-refractivity contribution in [2.75, 3.05) is 0 Å². The second-order valence-corrected chi connectivity index (χ2v) is 7.00. The molecule has 0 saturated carbocycles. The Labute approximate surface area is 139 Å². The largest absolute Gasteiger partial charge is 0.477 e. The van der Waals surface area contributed by atoms with Crippen molar-refractivity contribution in [3.63, 3.8) is 0 Å². The lowest BCUT2D eigenvalue weighted by molar-refractivity contribution is -0.120. The van der Waals surface area contributed by atoms with Crippen molar-refractivity contribution in [3.05, 3.63) is 56.8 Å². The first-order valence-corrected chi connectivity index (χ1v) is 8.63. The van der Waals surface area contributed by atoms with Crippen molar-refractivity contribution in [1.29, 1.82) is 0 Å². The molecule has 1 amide bonds. The van der Waals surface area contributed by atoms with E-state index in [0.29, 0.717) is 17.8 Å². The van der Waals surface area contributed by atoms with E-state index < -0.39 is 5.97 Å². The number of benzene rings is 1. The van der Waals surface area contributed by atoms with Crippen LogP contribution in [0.5, 0.6) is 0 Å². The Morgan fingerprint density at radius 3 is 2.61 bits per heavy atom. The zero-order valence-electron chi connectivity index (χ0n) is 12.8. The maximum absolute atomic E-state index is 12.1. The van der Waals surface area contributed by atoms with Crippen LogP contribution in [-0.2, 0) is 30.6 Å². The molecule has 4 nitrogen and oxygen atoms in total. The van der Waals surface area contributed by atoms with E-state index >= 15 is 0 Å². The normalized spacial score (nSPS) is 13.4. The van der Waals surface area contributed by atoms with Crippen LogP contribution in [0.2, 0.25) is 0 Å². The van der Waals surface area contributed by atoms with Crippen molar-refractivity contribution in [2.45, 2.75) is 38.6 Å². The molecule has 0 atom stereocenters. The van der Waals surface area contributed by atoms with Gasteiger partial charge in [0, 0.05) is 4.88 Å². The summed E-state index contributed by atoms with van der Waals surface area (Å²) >= 11 is 1.19. The van der Waals surface area contributed by atoms with Gasteiger partial charge in [0.2, 0.25) is 5.91 Å². The minimum atomic E-state index is -0.929. The van der Waals surface area contributed by atoms with Crippen LogP contribution >= 0.6 is 11.3 Å². The summed E-state index contributed by atoms with van der Waals surface area (Å²) in [7, 11) is 0. The molecule has 1 aliphatic rings. The van der Waals surface area contributed by atoms with Crippen LogP contribution in [0.4, 0.5) is 0 Å². The number of carbonyl (C=O) groups is 2. The van der Waals surface area contributed by atoms with Crippen LogP contribution in [-0.4, -0.2) is 17.0 Å². The number of nitrogens with one attached hydrogen (secondary N) is 1. The fourth-order valence-corrected chi connectivity index (χ4v) is 3.70. The highest BCUT2D eigenvalue weighted by Crippen LogP contribution is 2.22. The molecule has 1 heterocycles. The van der Waals surface area contributed by atoms with Gasteiger partial charge >= 0.3 is 5.97 Å². The molecule has 1 aliphatic carbocycles. The van der Waals surface area contributed by atoms with Crippen molar-refractivity contribution in [3.8, 4) is 0 Å². The maximum atomic E-state index is 12.1. The molecule has 2 N–H and O–H groups in total.